The molecule has 0 heterocycles. The van der Waals surface area contributed by atoms with E-state index in [9.17, 15) is 0 Å². The first kappa shape index (κ1) is 22.1. The molecule has 168 valence electrons. The maximum atomic E-state index is 6.51. The highest BCUT2D eigenvalue weighted by Crippen LogP contribution is 2.42. The van der Waals surface area contributed by atoms with Crippen LogP contribution in [0.15, 0.2) is 133 Å². The molecule has 0 amide bonds. The van der Waals surface area contributed by atoms with Crippen LogP contribution in [0.25, 0.3) is 10.8 Å². The van der Waals surface area contributed by atoms with Crippen molar-refractivity contribution in [3.05, 3.63) is 156 Å². The Morgan fingerprint density at radius 2 is 1.03 bits per heavy atom. The van der Waals surface area contributed by atoms with Crippen LogP contribution in [0.2, 0.25) is 0 Å². The molecule has 0 fully saturated rings. The molecule has 0 aromatic heterocycles. The number of rotatable bonds is 8. The molecule has 1 unspecified atom stereocenters. The molecule has 0 saturated carbocycles. The van der Waals surface area contributed by atoms with Gasteiger partial charge >= 0.3 is 0 Å². The lowest BCUT2D eigenvalue weighted by Gasteiger charge is -2.36. The molecule has 2 N–H and O–H groups in total. The van der Waals surface area contributed by atoms with Gasteiger partial charge < -0.3 is 10.5 Å². The number of hydrogen-bond donors (Lipinski definition) is 1. The number of fused-ring (bicyclic) bond motifs is 1. The Balaban J connectivity index is 1.47. The highest BCUT2D eigenvalue weighted by Gasteiger charge is 2.36. The zero-order valence-corrected chi connectivity index (χ0v) is 19.2. The molecule has 0 spiro atoms. The molecular weight excluding hydrogens is 414 g/mol. The predicted octanol–water partition coefficient (Wildman–Crippen LogP) is 7.24. The van der Waals surface area contributed by atoms with Crippen molar-refractivity contribution >= 4 is 10.8 Å². The van der Waals surface area contributed by atoms with Crippen LogP contribution in [0.1, 0.15) is 34.9 Å². The summed E-state index contributed by atoms with van der Waals surface area (Å²) in [6.07, 6.45) is 0.288. The third-order valence-corrected chi connectivity index (χ3v) is 6.68. The van der Waals surface area contributed by atoms with E-state index >= 15 is 0 Å². The van der Waals surface area contributed by atoms with Crippen molar-refractivity contribution in [1.82, 2.24) is 0 Å². The third kappa shape index (κ3) is 4.38. The molecule has 1 atom stereocenters. The molecule has 2 nitrogen and oxygen atoms in total. The molecular formula is C32H29NO. The summed E-state index contributed by atoms with van der Waals surface area (Å²) < 4.78 is 6.27. The molecule has 2 heteroatoms. The van der Waals surface area contributed by atoms with Gasteiger partial charge in [-0.3, -0.25) is 0 Å². The summed E-state index contributed by atoms with van der Waals surface area (Å²) >= 11 is 0. The Kier molecular flexibility index (Phi) is 6.53. The molecule has 0 aliphatic rings. The van der Waals surface area contributed by atoms with Gasteiger partial charge in [0.25, 0.3) is 0 Å². The van der Waals surface area contributed by atoms with Gasteiger partial charge in [0.1, 0.15) is 6.23 Å². The van der Waals surface area contributed by atoms with E-state index in [1.807, 2.05) is 6.07 Å². The van der Waals surface area contributed by atoms with Gasteiger partial charge in [0, 0.05) is 5.41 Å². The summed E-state index contributed by atoms with van der Waals surface area (Å²) in [5.41, 5.74) is 10.9. The fourth-order valence-corrected chi connectivity index (χ4v) is 4.92. The van der Waals surface area contributed by atoms with E-state index in [1.165, 1.54) is 27.5 Å². The third-order valence-electron chi connectivity index (χ3n) is 6.68. The van der Waals surface area contributed by atoms with Crippen molar-refractivity contribution in [3.63, 3.8) is 0 Å². The summed E-state index contributed by atoms with van der Waals surface area (Å²) in [7, 11) is 0. The predicted molar refractivity (Wildman–Crippen MR) is 141 cm³/mol. The first-order valence-corrected chi connectivity index (χ1v) is 11.8. The van der Waals surface area contributed by atoms with Crippen molar-refractivity contribution in [3.8, 4) is 0 Å². The fraction of sp³-hybridized carbons (Fsp3) is 0.125. The first-order valence-electron chi connectivity index (χ1n) is 11.8. The average molecular weight is 444 g/mol. The maximum absolute atomic E-state index is 6.51. The monoisotopic (exact) mass is 443 g/mol. The van der Waals surface area contributed by atoms with Crippen molar-refractivity contribution in [1.29, 1.82) is 0 Å². The highest BCUT2D eigenvalue weighted by atomic mass is 16.5. The van der Waals surface area contributed by atoms with E-state index in [1.54, 1.807) is 0 Å². The Hall–Kier alpha value is -3.72. The minimum Gasteiger partial charge on any atom is -0.359 e. The van der Waals surface area contributed by atoms with Crippen molar-refractivity contribution in [2.45, 2.75) is 18.1 Å². The Bertz CT molecular complexity index is 1240. The van der Waals surface area contributed by atoms with E-state index in [0.717, 1.165) is 12.0 Å². The van der Waals surface area contributed by atoms with E-state index in [0.29, 0.717) is 6.61 Å². The number of benzene rings is 5. The molecule has 0 radical (unpaired) electrons. The van der Waals surface area contributed by atoms with Gasteiger partial charge in [-0.1, -0.05) is 127 Å². The topological polar surface area (TPSA) is 35.2 Å². The van der Waals surface area contributed by atoms with Crippen LogP contribution in [0.3, 0.4) is 0 Å². The highest BCUT2D eigenvalue weighted by molar-refractivity contribution is 5.83. The number of ether oxygens (including phenoxy) is 1. The number of hydrogen-bond acceptors (Lipinski definition) is 2. The van der Waals surface area contributed by atoms with Gasteiger partial charge in [-0.25, -0.2) is 0 Å². The van der Waals surface area contributed by atoms with E-state index in [-0.39, 0.29) is 5.41 Å². The Labute approximate surface area is 201 Å². The van der Waals surface area contributed by atoms with Crippen LogP contribution in [-0.4, -0.2) is 6.61 Å². The summed E-state index contributed by atoms with van der Waals surface area (Å²) in [6.45, 7) is 0.521. The maximum Gasteiger partial charge on any atom is 0.131 e. The normalized spacial score (nSPS) is 12.5. The smallest absolute Gasteiger partial charge is 0.131 e. The van der Waals surface area contributed by atoms with Crippen LogP contribution in [0.5, 0.6) is 0 Å². The summed E-state index contributed by atoms with van der Waals surface area (Å²) in [6, 6.07) is 46.7. The molecule has 5 rings (SSSR count). The molecule has 0 aliphatic heterocycles. The van der Waals surface area contributed by atoms with Gasteiger partial charge in [-0.15, -0.1) is 0 Å². The lowest BCUT2D eigenvalue weighted by Crippen LogP contribution is -2.32. The average Bonchev–Trinajstić information content (AvgIpc) is 2.92. The summed E-state index contributed by atoms with van der Waals surface area (Å²) in [5.74, 6) is 0. The lowest BCUT2D eigenvalue weighted by atomic mass is 9.67. The van der Waals surface area contributed by atoms with Gasteiger partial charge in [0.05, 0.1) is 6.61 Å². The fourth-order valence-electron chi connectivity index (χ4n) is 4.92. The second kappa shape index (κ2) is 10.0. The van der Waals surface area contributed by atoms with E-state index in [2.05, 4.69) is 127 Å². The van der Waals surface area contributed by atoms with Crippen LogP contribution in [0, 0.1) is 0 Å². The SMILES string of the molecule is NC(OCCC(c1ccccc1)(c1ccccc1)c1ccccc1)c1ccc2ccccc2c1. The molecule has 34 heavy (non-hydrogen) atoms. The molecule has 5 aromatic carbocycles. The van der Waals surface area contributed by atoms with Crippen molar-refractivity contribution in [2.24, 2.45) is 5.73 Å². The summed E-state index contributed by atoms with van der Waals surface area (Å²) in [5, 5.41) is 2.38. The van der Waals surface area contributed by atoms with Crippen LogP contribution in [-0.2, 0) is 10.2 Å². The second-order valence-corrected chi connectivity index (χ2v) is 8.65. The largest absolute Gasteiger partial charge is 0.359 e. The van der Waals surface area contributed by atoms with Gasteiger partial charge in [-0.05, 0) is 45.5 Å². The molecule has 5 aromatic rings. The lowest BCUT2D eigenvalue weighted by molar-refractivity contribution is 0.0497. The molecule has 0 saturated heterocycles. The van der Waals surface area contributed by atoms with Crippen molar-refractivity contribution in [2.75, 3.05) is 6.61 Å². The standard InChI is InChI=1S/C32H29NO/c33-31(27-21-20-25-12-10-11-13-26(25)24-27)34-23-22-32(28-14-4-1-5-15-28,29-16-6-2-7-17-29)30-18-8-3-9-19-30/h1-21,24,31H,22-23,33H2. The zero-order chi connectivity index (χ0) is 23.2. The zero-order valence-electron chi connectivity index (χ0n) is 19.2. The minimum atomic E-state index is -0.482. The van der Waals surface area contributed by atoms with Gasteiger partial charge in [-0.2, -0.15) is 0 Å². The van der Waals surface area contributed by atoms with Crippen molar-refractivity contribution < 1.29 is 4.74 Å². The van der Waals surface area contributed by atoms with E-state index in [4.69, 9.17) is 10.5 Å². The summed E-state index contributed by atoms with van der Waals surface area (Å²) in [4.78, 5) is 0. The quantitative estimate of drug-likeness (QED) is 0.203. The van der Waals surface area contributed by atoms with Crippen LogP contribution >= 0.6 is 0 Å². The van der Waals surface area contributed by atoms with Crippen LogP contribution < -0.4 is 5.73 Å². The van der Waals surface area contributed by atoms with Crippen LogP contribution in [0.4, 0.5) is 0 Å². The van der Waals surface area contributed by atoms with E-state index < -0.39 is 6.23 Å². The number of nitrogens with two attached hydrogens (primary N) is 1. The van der Waals surface area contributed by atoms with Gasteiger partial charge in [0.2, 0.25) is 0 Å². The van der Waals surface area contributed by atoms with Gasteiger partial charge in [0.15, 0.2) is 0 Å². The first-order chi connectivity index (χ1) is 16.8. The second-order valence-electron chi connectivity index (χ2n) is 8.65. The molecule has 0 aliphatic carbocycles. The Morgan fingerprint density at radius 3 is 1.56 bits per heavy atom. The minimum absolute atomic E-state index is 0.340. The Morgan fingerprint density at radius 1 is 0.559 bits per heavy atom. The molecule has 0 bridgehead atoms.